The summed E-state index contributed by atoms with van der Waals surface area (Å²) in [6, 6.07) is 10.8. The highest BCUT2D eigenvalue weighted by molar-refractivity contribution is 7.88. The van der Waals surface area contributed by atoms with E-state index in [0.29, 0.717) is 34.3 Å². The molecule has 0 aliphatic heterocycles. The minimum atomic E-state index is -3.49. The molecule has 1 N–H and O–H groups in total. The van der Waals surface area contributed by atoms with Gasteiger partial charge in [-0.3, -0.25) is 14.5 Å². The smallest absolute Gasteiger partial charge is 0.215 e. The molecular weight excluding hydrogens is 448 g/mol. The van der Waals surface area contributed by atoms with E-state index in [4.69, 9.17) is 0 Å². The second kappa shape index (κ2) is 9.27. The molecule has 0 atom stereocenters. The molecule has 2 heterocycles. The summed E-state index contributed by atoms with van der Waals surface area (Å²) in [5.74, 6) is 0.269. The molecule has 2 aromatic carbocycles. The summed E-state index contributed by atoms with van der Waals surface area (Å²) >= 11 is 0. The molecule has 0 unspecified atom stereocenters. The third-order valence-electron chi connectivity index (χ3n) is 6.66. The normalized spacial score (nSPS) is 15.2. The Bertz CT molecular complexity index is 1520. The van der Waals surface area contributed by atoms with Crippen molar-refractivity contribution in [2.24, 2.45) is 13.0 Å². The highest BCUT2D eigenvalue weighted by Crippen LogP contribution is 2.24. The van der Waals surface area contributed by atoms with Crippen LogP contribution in [0.15, 0.2) is 59.8 Å². The third kappa shape index (κ3) is 4.88. The molecule has 1 saturated carbocycles. The van der Waals surface area contributed by atoms with Crippen LogP contribution in [0.1, 0.15) is 37.7 Å². The van der Waals surface area contributed by atoms with E-state index in [2.05, 4.69) is 14.8 Å². The van der Waals surface area contributed by atoms with Gasteiger partial charge in [0.05, 0.1) is 17.5 Å². The summed E-state index contributed by atoms with van der Waals surface area (Å²) in [6.45, 7) is 0.491. The molecule has 34 heavy (non-hydrogen) atoms. The Balaban J connectivity index is 1.48. The van der Waals surface area contributed by atoms with Crippen molar-refractivity contribution >= 4 is 31.7 Å². The minimum absolute atomic E-state index is 0.148. The number of aryl methyl sites for hydroxylation is 1. The van der Waals surface area contributed by atoms with Crippen molar-refractivity contribution < 1.29 is 8.42 Å². The monoisotopic (exact) mass is 476 g/mol. The molecule has 1 fully saturated rings. The van der Waals surface area contributed by atoms with Gasteiger partial charge in [0.1, 0.15) is 0 Å². The molecule has 176 valence electrons. The van der Waals surface area contributed by atoms with E-state index < -0.39 is 10.0 Å². The molecule has 7 nitrogen and oxygen atoms in total. The van der Waals surface area contributed by atoms with Crippen molar-refractivity contribution in [3.8, 4) is 11.1 Å². The van der Waals surface area contributed by atoms with Gasteiger partial charge in [-0.2, -0.15) is 5.10 Å². The summed E-state index contributed by atoms with van der Waals surface area (Å²) in [4.78, 5) is 18.0. The van der Waals surface area contributed by atoms with Gasteiger partial charge in [0.2, 0.25) is 10.0 Å². The first kappa shape index (κ1) is 22.7. The maximum Gasteiger partial charge on any atom is 0.215 e. The first-order chi connectivity index (χ1) is 16.4. The van der Waals surface area contributed by atoms with E-state index in [0.717, 1.165) is 29.4 Å². The van der Waals surface area contributed by atoms with Crippen molar-refractivity contribution in [1.29, 1.82) is 0 Å². The zero-order valence-corrected chi connectivity index (χ0v) is 20.0. The van der Waals surface area contributed by atoms with Gasteiger partial charge in [-0.15, -0.1) is 0 Å². The predicted molar refractivity (Wildman–Crippen MR) is 135 cm³/mol. The van der Waals surface area contributed by atoms with E-state index in [1.165, 1.54) is 19.3 Å². The number of rotatable bonds is 6. The van der Waals surface area contributed by atoms with Crippen molar-refractivity contribution in [2.75, 3.05) is 6.54 Å². The maximum atomic E-state index is 13.5. The fraction of sp³-hybridized carbons (Fsp3) is 0.346. The summed E-state index contributed by atoms with van der Waals surface area (Å²) < 4.78 is 29.9. The van der Waals surface area contributed by atoms with Gasteiger partial charge in [0.25, 0.3) is 0 Å². The molecule has 4 aromatic rings. The predicted octanol–water partition coefficient (Wildman–Crippen LogP) is 4.15. The number of sulfonamides is 1. The lowest BCUT2D eigenvalue weighted by atomic mass is 9.90. The molecule has 0 bridgehead atoms. The topological polar surface area (TPSA) is 94.0 Å². The van der Waals surface area contributed by atoms with Crippen LogP contribution in [-0.4, -0.2) is 29.7 Å². The van der Waals surface area contributed by atoms with Gasteiger partial charge in [-0.1, -0.05) is 37.5 Å². The van der Waals surface area contributed by atoms with Crippen LogP contribution in [0.25, 0.3) is 32.8 Å². The lowest BCUT2D eigenvalue weighted by Crippen LogP contribution is -2.31. The van der Waals surface area contributed by atoms with Crippen molar-refractivity contribution in [3.63, 3.8) is 0 Å². The number of pyridine rings is 1. The molecule has 2 aromatic heterocycles. The van der Waals surface area contributed by atoms with Crippen molar-refractivity contribution in [3.05, 3.63) is 70.8 Å². The second-order valence-electron chi connectivity index (χ2n) is 9.26. The van der Waals surface area contributed by atoms with Gasteiger partial charge < -0.3 is 0 Å². The standard InChI is InChI=1S/C26H28N4O3S/c1-30-16-22(15-28-30)21-12-24-25(27-14-21)10-9-20-8-7-19(11-23(20)26(24)31)17-34(32,33)29-13-18-5-3-2-4-6-18/h7-12,14-16,18,29H,2-6,13,17H2,1H3. The Morgan fingerprint density at radius 3 is 2.56 bits per heavy atom. The molecule has 8 heteroatoms. The van der Waals surface area contributed by atoms with Crippen LogP contribution < -0.4 is 10.2 Å². The van der Waals surface area contributed by atoms with E-state index in [1.807, 2.05) is 37.5 Å². The summed E-state index contributed by atoms with van der Waals surface area (Å²) in [5, 5.41) is 5.93. The maximum absolute atomic E-state index is 13.5. The van der Waals surface area contributed by atoms with E-state index in [1.54, 1.807) is 29.2 Å². The number of nitrogens with zero attached hydrogens (tertiary/aromatic N) is 3. The fourth-order valence-corrected chi connectivity index (χ4v) is 5.98. The van der Waals surface area contributed by atoms with Crippen molar-refractivity contribution in [1.82, 2.24) is 19.5 Å². The first-order valence-electron chi connectivity index (χ1n) is 11.7. The van der Waals surface area contributed by atoms with Gasteiger partial charge >= 0.3 is 0 Å². The molecule has 5 rings (SSSR count). The Morgan fingerprint density at radius 2 is 1.79 bits per heavy atom. The summed E-state index contributed by atoms with van der Waals surface area (Å²) in [7, 11) is -1.65. The van der Waals surface area contributed by atoms with Crippen LogP contribution in [0, 0.1) is 5.92 Å². The van der Waals surface area contributed by atoms with Crippen LogP contribution in [0.2, 0.25) is 0 Å². The van der Waals surface area contributed by atoms with Gasteiger partial charge in [-0.05, 0) is 47.9 Å². The van der Waals surface area contributed by atoms with Gasteiger partial charge in [0, 0.05) is 47.9 Å². The molecule has 1 aliphatic rings. The highest BCUT2D eigenvalue weighted by atomic mass is 32.2. The molecule has 0 saturated heterocycles. The quantitative estimate of drug-likeness (QED) is 0.451. The largest absolute Gasteiger partial charge is 0.289 e. The zero-order chi connectivity index (χ0) is 23.7. The van der Waals surface area contributed by atoms with Gasteiger partial charge in [-0.25, -0.2) is 13.1 Å². The van der Waals surface area contributed by atoms with E-state index >= 15 is 0 Å². The van der Waals surface area contributed by atoms with Crippen LogP contribution in [0.4, 0.5) is 0 Å². The Morgan fingerprint density at radius 1 is 1.00 bits per heavy atom. The van der Waals surface area contributed by atoms with E-state index in [9.17, 15) is 13.2 Å². The Hall–Kier alpha value is -3.10. The van der Waals surface area contributed by atoms with Crippen molar-refractivity contribution in [2.45, 2.75) is 37.9 Å². The van der Waals surface area contributed by atoms with Crippen LogP contribution in [-0.2, 0) is 22.8 Å². The average molecular weight is 477 g/mol. The van der Waals surface area contributed by atoms with Crippen LogP contribution in [0.5, 0.6) is 0 Å². The number of hydrogen-bond acceptors (Lipinski definition) is 5. The summed E-state index contributed by atoms with van der Waals surface area (Å²) in [6.07, 6.45) is 11.1. The molecular formula is C26H28N4O3S. The number of benzene rings is 1. The minimum Gasteiger partial charge on any atom is -0.289 e. The Kier molecular flexibility index (Phi) is 6.18. The molecule has 1 aliphatic carbocycles. The second-order valence-corrected chi connectivity index (χ2v) is 11.1. The zero-order valence-electron chi connectivity index (χ0n) is 19.2. The summed E-state index contributed by atoms with van der Waals surface area (Å²) in [5.41, 5.74) is 2.71. The lowest BCUT2D eigenvalue weighted by Gasteiger charge is -2.21. The highest BCUT2D eigenvalue weighted by Gasteiger charge is 2.18. The number of aromatic nitrogens is 3. The molecule has 0 amide bonds. The average Bonchev–Trinajstić information content (AvgIpc) is 3.22. The molecule has 0 spiro atoms. The first-order valence-corrected chi connectivity index (χ1v) is 13.4. The SMILES string of the molecule is Cn1cc(-c2cnc3ccc4ccc(CS(=O)(=O)NCC5CCCCC5)cc4c(=O)c3c2)cn1. The van der Waals surface area contributed by atoms with E-state index in [-0.39, 0.29) is 11.2 Å². The molecule has 0 radical (unpaired) electrons. The fourth-order valence-electron chi connectivity index (χ4n) is 4.77. The Labute approximate surface area is 198 Å². The van der Waals surface area contributed by atoms with Crippen LogP contribution >= 0.6 is 0 Å². The number of fused-ring (bicyclic) bond motifs is 2. The third-order valence-corrected chi connectivity index (χ3v) is 7.98. The lowest BCUT2D eigenvalue weighted by molar-refractivity contribution is 0.357. The van der Waals surface area contributed by atoms with Crippen LogP contribution in [0.3, 0.4) is 0 Å². The number of hydrogen-bond donors (Lipinski definition) is 1. The van der Waals surface area contributed by atoms with Gasteiger partial charge in [0.15, 0.2) is 5.43 Å². The number of nitrogens with one attached hydrogen (secondary N) is 1.